The van der Waals surface area contributed by atoms with Gasteiger partial charge in [-0.15, -0.1) is 0 Å². The van der Waals surface area contributed by atoms with Crippen molar-refractivity contribution < 1.29 is 19.2 Å². The van der Waals surface area contributed by atoms with E-state index in [0.29, 0.717) is 22.6 Å². The molecule has 1 heterocycles. The smallest absolute Gasteiger partial charge is 0.220 e. The van der Waals surface area contributed by atoms with E-state index in [0.717, 1.165) is 37.2 Å². The molecule has 1 fully saturated rings. The second-order valence-corrected chi connectivity index (χ2v) is 8.22. The minimum atomic E-state index is -0.217. The van der Waals surface area contributed by atoms with Crippen molar-refractivity contribution in [3.05, 3.63) is 64.2 Å². The summed E-state index contributed by atoms with van der Waals surface area (Å²) in [6.45, 7) is 3.53. The molecule has 0 unspecified atom stereocenters. The fourth-order valence-corrected chi connectivity index (χ4v) is 4.27. The van der Waals surface area contributed by atoms with Gasteiger partial charge in [0.25, 0.3) is 0 Å². The Balaban J connectivity index is 1.96. The van der Waals surface area contributed by atoms with E-state index in [1.54, 1.807) is 44.4 Å². The zero-order valence-corrected chi connectivity index (χ0v) is 17.9. The van der Waals surface area contributed by atoms with Crippen LogP contribution in [0.2, 0.25) is 5.02 Å². The quantitative estimate of drug-likeness (QED) is 0.701. The van der Waals surface area contributed by atoms with E-state index in [1.807, 2.05) is 12.1 Å². The molecule has 2 aromatic carbocycles. The molecule has 0 aliphatic carbocycles. The zero-order valence-electron chi connectivity index (χ0n) is 17.2. The molecule has 0 bridgehead atoms. The molecular weight excluding hydrogens is 386 g/mol. The Morgan fingerprint density at radius 1 is 1.00 bits per heavy atom. The van der Waals surface area contributed by atoms with Crippen LogP contribution in [-0.4, -0.2) is 37.8 Å². The molecule has 2 aromatic rings. The number of hydrogen-bond acceptors (Lipinski definition) is 3. The van der Waals surface area contributed by atoms with Gasteiger partial charge in [-0.3, -0.25) is 9.59 Å². The molecule has 1 aliphatic heterocycles. The Morgan fingerprint density at radius 3 is 2.21 bits per heavy atom. The molecule has 1 atom stereocenters. The van der Waals surface area contributed by atoms with Crippen molar-refractivity contribution >= 4 is 23.2 Å². The highest BCUT2D eigenvalue weighted by molar-refractivity contribution is 6.30. The van der Waals surface area contributed by atoms with Crippen LogP contribution < -0.4 is 9.64 Å². The maximum Gasteiger partial charge on any atom is 0.220 e. The van der Waals surface area contributed by atoms with Gasteiger partial charge in [0.1, 0.15) is 5.75 Å². The number of ketones is 2. The van der Waals surface area contributed by atoms with Crippen LogP contribution in [-0.2, 0) is 6.42 Å². The van der Waals surface area contributed by atoms with Crippen LogP contribution in [0.3, 0.4) is 0 Å². The summed E-state index contributed by atoms with van der Waals surface area (Å²) < 4.78 is 5.54. The SMILES string of the molecule is COc1ccc(C(C)=O)cc1C[C@H](C(=O)c1ccc(Cl)cc1)[NH+]1CCCCCC1. The molecule has 1 saturated heterocycles. The van der Waals surface area contributed by atoms with Crippen LogP contribution in [0.15, 0.2) is 42.5 Å². The number of nitrogens with one attached hydrogen (secondary N) is 1. The Kier molecular flexibility index (Phi) is 7.45. The molecule has 154 valence electrons. The molecule has 0 saturated carbocycles. The van der Waals surface area contributed by atoms with E-state index in [2.05, 4.69) is 0 Å². The van der Waals surface area contributed by atoms with Crippen molar-refractivity contribution in [1.82, 2.24) is 0 Å². The first-order chi connectivity index (χ1) is 14.0. The second-order valence-electron chi connectivity index (χ2n) is 7.78. The highest BCUT2D eigenvalue weighted by Crippen LogP contribution is 2.23. The molecule has 29 heavy (non-hydrogen) atoms. The number of halogens is 1. The summed E-state index contributed by atoms with van der Waals surface area (Å²) >= 11 is 6.02. The largest absolute Gasteiger partial charge is 0.496 e. The Bertz CT molecular complexity index is 855. The molecule has 1 N–H and O–H groups in total. The lowest BCUT2D eigenvalue weighted by Gasteiger charge is -2.27. The monoisotopic (exact) mass is 414 g/mol. The lowest BCUT2D eigenvalue weighted by molar-refractivity contribution is -0.914. The number of hydrogen-bond donors (Lipinski definition) is 1. The summed E-state index contributed by atoms with van der Waals surface area (Å²) in [4.78, 5) is 26.7. The number of rotatable bonds is 7. The summed E-state index contributed by atoms with van der Waals surface area (Å²) in [5.41, 5.74) is 2.23. The summed E-state index contributed by atoms with van der Waals surface area (Å²) in [5.74, 6) is 0.851. The zero-order chi connectivity index (χ0) is 20.8. The second kappa shape index (κ2) is 10.0. The fourth-order valence-electron chi connectivity index (χ4n) is 4.15. The Hall–Kier alpha value is -2.17. The van der Waals surface area contributed by atoms with Gasteiger partial charge in [0.15, 0.2) is 11.8 Å². The third-order valence-electron chi connectivity index (χ3n) is 5.79. The molecule has 0 aromatic heterocycles. The van der Waals surface area contributed by atoms with E-state index in [1.165, 1.54) is 17.7 Å². The maximum atomic E-state index is 13.5. The van der Waals surface area contributed by atoms with Gasteiger partial charge < -0.3 is 9.64 Å². The first-order valence-electron chi connectivity index (χ1n) is 10.3. The van der Waals surface area contributed by atoms with E-state index in [-0.39, 0.29) is 17.6 Å². The fraction of sp³-hybridized carbons (Fsp3) is 0.417. The topological polar surface area (TPSA) is 47.8 Å². The van der Waals surface area contributed by atoms with Crippen molar-refractivity contribution in [2.75, 3.05) is 20.2 Å². The standard InChI is InChI=1S/C24H28ClNO3/c1-17(27)19-9-12-23(29-2)20(15-19)16-22(26-13-5-3-4-6-14-26)24(28)18-7-10-21(25)11-8-18/h7-12,15,22H,3-6,13-14,16H2,1-2H3/p+1/t22-/m1/s1. The van der Waals surface area contributed by atoms with Crippen molar-refractivity contribution in [3.63, 3.8) is 0 Å². The van der Waals surface area contributed by atoms with E-state index < -0.39 is 0 Å². The number of carbonyl (C=O) groups is 2. The summed E-state index contributed by atoms with van der Waals surface area (Å²) in [7, 11) is 1.63. The van der Waals surface area contributed by atoms with Crippen LogP contribution in [0.5, 0.6) is 5.75 Å². The molecule has 0 radical (unpaired) electrons. The number of carbonyl (C=O) groups excluding carboxylic acids is 2. The molecule has 3 rings (SSSR count). The van der Waals surface area contributed by atoms with Gasteiger partial charge in [-0.1, -0.05) is 11.6 Å². The number of benzene rings is 2. The molecule has 0 spiro atoms. The minimum absolute atomic E-state index is 0.0107. The average Bonchev–Trinajstić information content (AvgIpc) is 3.01. The summed E-state index contributed by atoms with van der Waals surface area (Å²) in [6.07, 6.45) is 5.23. The third-order valence-corrected chi connectivity index (χ3v) is 6.05. The van der Waals surface area contributed by atoms with Crippen molar-refractivity contribution in [1.29, 1.82) is 0 Å². The van der Waals surface area contributed by atoms with Crippen LogP contribution in [0, 0.1) is 0 Å². The van der Waals surface area contributed by atoms with Crippen molar-refractivity contribution in [3.8, 4) is 5.75 Å². The first-order valence-corrected chi connectivity index (χ1v) is 10.7. The Morgan fingerprint density at radius 2 is 1.62 bits per heavy atom. The van der Waals surface area contributed by atoms with Crippen LogP contribution in [0.4, 0.5) is 0 Å². The predicted molar refractivity (Wildman–Crippen MR) is 115 cm³/mol. The highest BCUT2D eigenvalue weighted by atomic mass is 35.5. The van der Waals surface area contributed by atoms with E-state index in [9.17, 15) is 9.59 Å². The van der Waals surface area contributed by atoms with E-state index >= 15 is 0 Å². The average molecular weight is 415 g/mol. The van der Waals surface area contributed by atoms with Crippen molar-refractivity contribution in [2.24, 2.45) is 0 Å². The molecule has 0 amide bonds. The lowest BCUT2D eigenvalue weighted by Crippen LogP contribution is -3.17. The molecule has 5 heteroatoms. The predicted octanol–water partition coefficient (Wildman–Crippen LogP) is 3.80. The normalized spacial score (nSPS) is 16.1. The van der Waals surface area contributed by atoms with Gasteiger partial charge in [-0.25, -0.2) is 0 Å². The summed E-state index contributed by atoms with van der Waals surface area (Å²) in [6, 6.07) is 12.4. The first kappa shape index (κ1) is 21.5. The van der Waals surface area contributed by atoms with Gasteiger partial charge in [0, 0.05) is 28.1 Å². The Labute approximate surface area is 177 Å². The number of quaternary nitrogens is 1. The molecular formula is C24H29ClNO3+. The van der Waals surface area contributed by atoms with Gasteiger partial charge in [0.05, 0.1) is 20.2 Å². The van der Waals surface area contributed by atoms with Crippen LogP contribution in [0.25, 0.3) is 0 Å². The lowest BCUT2D eigenvalue weighted by atomic mass is 9.94. The van der Waals surface area contributed by atoms with E-state index in [4.69, 9.17) is 16.3 Å². The highest BCUT2D eigenvalue weighted by Gasteiger charge is 2.32. The minimum Gasteiger partial charge on any atom is -0.496 e. The van der Waals surface area contributed by atoms with Crippen LogP contribution >= 0.6 is 11.6 Å². The van der Waals surface area contributed by atoms with Crippen LogP contribution in [0.1, 0.15) is 58.9 Å². The molecule has 4 nitrogen and oxygen atoms in total. The number of Topliss-reactive ketones (excluding diaryl/α,β-unsaturated/α-hetero) is 2. The number of likely N-dealkylation sites (tertiary alicyclic amines) is 1. The third kappa shape index (κ3) is 5.46. The molecule has 1 aliphatic rings. The van der Waals surface area contributed by atoms with Gasteiger partial charge >= 0.3 is 0 Å². The summed E-state index contributed by atoms with van der Waals surface area (Å²) in [5, 5.41) is 0.621. The number of methoxy groups -OCH3 is 1. The van der Waals surface area contributed by atoms with Gasteiger partial charge in [0.2, 0.25) is 5.78 Å². The maximum absolute atomic E-state index is 13.5. The van der Waals surface area contributed by atoms with Gasteiger partial charge in [-0.05, 0) is 75.1 Å². The number of ether oxygens (including phenoxy) is 1. The van der Waals surface area contributed by atoms with Crippen molar-refractivity contribution in [2.45, 2.75) is 45.1 Å². The van der Waals surface area contributed by atoms with Gasteiger partial charge in [-0.2, -0.15) is 0 Å².